The Morgan fingerprint density at radius 2 is 1.94 bits per heavy atom. The molecule has 1 rings (SSSR count). The van der Waals surface area contributed by atoms with Crippen LogP contribution in [0.2, 0.25) is 0 Å². The monoisotopic (exact) mass is 239 g/mol. The lowest BCUT2D eigenvalue weighted by molar-refractivity contribution is -0.138. The zero-order valence-corrected chi connectivity index (χ0v) is 9.90. The minimum absolute atomic E-state index is 0.0385. The van der Waals surface area contributed by atoms with Crippen molar-refractivity contribution < 1.29 is 14.7 Å². The van der Waals surface area contributed by atoms with Gasteiger partial charge in [0.05, 0.1) is 13.1 Å². The predicted molar refractivity (Wildman–Crippen MR) is 62.5 cm³/mol. The van der Waals surface area contributed by atoms with Gasteiger partial charge in [-0.1, -0.05) is 5.92 Å². The molecule has 0 aromatic heterocycles. The normalized spacial score (nSPS) is 15.9. The molecular formula is C11H17N3O3. The van der Waals surface area contributed by atoms with E-state index >= 15 is 0 Å². The first kappa shape index (κ1) is 13.3. The summed E-state index contributed by atoms with van der Waals surface area (Å²) in [5, 5.41) is 11.3. The summed E-state index contributed by atoms with van der Waals surface area (Å²) in [6.45, 7) is 4.41. The van der Waals surface area contributed by atoms with E-state index in [0.29, 0.717) is 32.7 Å². The average Bonchev–Trinajstić information content (AvgIpc) is 2.29. The SMILES string of the molecule is CC#CCNC(=O)N1CCN(CC(=O)O)CC1. The van der Waals surface area contributed by atoms with E-state index in [1.807, 2.05) is 4.90 Å². The van der Waals surface area contributed by atoms with Crippen molar-refractivity contribution in [3.8, 4) is 11.8 Å². The molecule has 94 valence electrons. The Morgan fingerprint density at radius 3 is 2.47 bits per heavy atom. The second kappa shape index (κ2) is 6.76. The zero-order valence-electron chi connectivity index (χ0n) is 9.90. The van der Waals surface area contributed by atoms with Crippen molar-refractivity contribution in [1.29, 1.82) is 0 Å². The number of hydrogen-bond acceptors (Lipinski definition) is 3. The van der Waals surface area contributed by atoms with Gasteiger partial charge in [0.15, 0.2) is 0 Å². The predicted octanol–water partition coefficient (Wildman–Crippen LogP) is -0.578. The standard InChI is InChI=1S/C11H17N3O3/c1-2-3-4-12-11(17)14-7-5-13(6-8-14)9-10(15)16/h4-9H2,1H3,(H,12,17)(H,15,16). The molecule has 6 heteroatoms. The lowest BCUT2D eigenvalue weighted by Gasteiger charge is -2.33. The smallest absolute Gasteiger partial charge is 0.318 e. The fourth-order valence-electron chi connectivity index (χ4n) is 1.62. The summed E-state index contributed by atoms with van der Waals surface area (Å²) in [6.07, 6.45) is 0. The van der Waals surface area contributed by atoms with Gasteiger partial charge in [-0.25, -0.2) is 4.79 Å². The molecule has 1 saturated heterocycles. The minimum Gasteiger partial charge on any atom is -0.480 e. The van der Waals surface area contributed by atoms with Gasteiger partial charge in [-0.3, -0.25) is 9.69 Å². The molecule has 0 unspecified atom stereocenters. The van der Waals surface area contributed by atoms with Crippen LogP contribution in [0.25, 0.3) is 0 Å². The van der Waals surface area contributed by atoms with Gasteiger partial charge >= 0.3 is 12.0 Å². The van der Waals surface area contributed by atoms with Crippen LogP contribution >= 0.6 is 0 Å². The number of rotatable bonds is 3. The van der Waals surface area contributed by atoms with Gasteiger partial charge in [0, 0.05) is 26.2 Å². The van der Waals surface area contributed by atoms with Crippen molar-refractivity contribution in [2.45, 2.75) is 6.92 Å². The third-order valence-electron chi connectivity index (χ3n) is 2.52. The van der Waals surface area contributed by atoms with Crippen LogP contribution in [0.15, 0.2) is 0 Å². The van der Waals surface area contributed by atoms with Crippen LogP contribution in [0.4, 0.5) is 4.79 Å². The molecule has 0 radical (unpaired) electrons. The third-order valence-corrected chi connectivity index (χ3v) is 2.52. The lowest BCUT2D eigenvalue weighted by atomic mass is 10.3. The summed E-state index contributed by atoms with van der Waals surface area (Å²) in [4.78, 5) is 25.6. The molecule has 0 aromatic rings. The van der Waals surface area contributed by atoms with E-state index < -0.39 is 5.97 Å². The van der Waals surface area contributed by atoms with Crippen LogP contribution in [0, 0.1) is 11.8 Å². The number of carbonyl (C=O) groups is 2. The number of carboxylic acid groups (broad SMARTS) is 1. The quantitative estimate of drug-likeness (QED) is 0.646. The van der Waals surface area contributed by atoms with Crippen LogP contribution < -0.4 is 5.32 Å². The molecule has 17 heavy (non-hydrogen) atoms. The number of piperazine rings is 1. The first-order valence-electron chi connectivity index (χ1n) is 5.50. The van der Waals surface area contributed by atoms with Gasteiger partial charge < -0.3 is 15.3 Å². The maximum atomic E-state index is 11.6. The van der Waals surface area contributed by atoms with Crippen LogP contribution in [0.1, 0.15) is 6.92 Å². The molecule has 0 aliphatic carbocycles. The number of hydrogen-bond donors (Lipinski definition) is 2. The Hall–Kier alpha value is -1.74. The number of carbonyl (C=O) groups excluding carboxylic acids is 1. The highest BCUT2D eigenvalue weighted by Gasteiger charge is 2.21. The third kappa shape index (κ3) is 4.74. The number of aliphatic carboxylic acids is 1. The summed E-state index contributed by atoms with van der Waals surface area (Å²) >= 11 is 0. The summed E-state index contributed by atoms with van der Waals surface area (Å²) in [7, 11) is 0. The summed E-state index contributed by atoms with van der Waals surface area (Å²) in [5.41, 5.74) is 0. The van der Waals surface area contributed by atoms with Crippen molar-refractivity contribution >= 4 is 12.0 Å². The molecule has 1 aliphatic heterocycles. The van der Waals surface area contributed by atoms with Gasteiger partial charge in [0.1, 0.15) is 0 Å². The maximum Gasteiger partial charge on any atom is 0.318 e. The molecular weight excluding hydrogens is 222 g/mol. The number of urea groups is 1. The van der Waals surface area contributed by atoms with E-state index in [9.17, 15) is 9.59 Å². The summed E-state index contributed by atoms with van der Waals surface area (Å²) in [5.74, 6) is 4.62. The van der Waals surface area contributed by atoms with Crippen LogP contribution in [-0.4, -0.2) is 66.2 Å². The van der Waals surface area contributed by atoms with Crippen molar-refractivity contribution in [2.24, 2.45) is 0 Å². The van der Waals surface area contributed by atoms with E-state index in [1.165, 1.54) is 0 Å². The summed E-state index contributed by atoms with van der Waals surface area (Å²) < 4.78 is 0. The number of nitrogens with one attached hydrogen (secondary N) is 1. The van der Waals surface area contributed by atoms with Gasteiger partial charge in [-0.2, -0.15) is 0 Å². The van der Waals surface area contributed by atoms with Gasteiger partial charge in [0.25, 0.3) is 0 Å². The zero-order chi connectivity index (χ0) is 12.7. The molecule has 2 N–H and O–H groups in total. The van der Waals surface area contributed by atoms with E-state index in [2.05, 4.69) is 17.2 Å². The van der Waals surface area contributed by atoms with Crippen molar-refractivity contribution in [1.82, 2.24) is 15.1 Å². The topological polar surface area (TPSA) is 72.9 Å². The number of nitrogens with zero attached hydrogens (tertiary/aromatic N) is 2. The molecule has 0 saturated carbocycles. The Balaban J connectivity index is 2.27. The molecule has 6 nitrogen and oxygen atoms in total. The molecule has 1 fully saturated rings. The fourth-order valence-corrected chi connectivity index (χ4v) is 1.62. The molecule has 0 bridgehead atoms. The van der Waals surface area contributed by atoms with Gasteiger partial charge in [-0.05, 0) is 6.92 Å². The van der Waals surface area contributed by atoms with E-state index in [1.54, 1.807) is 11.8 Å². The van der Waals surface area contributed by atoms with Crippen molar-refractivity contribution in [3.63, 3.8) is 0 Å². The molecule has 1 heterocycles. The van der Waals surface area contributed by atoms with E-state index in [-0.39, 0.29) is 12.6 Å². The second-order valence-electron chi connectivity index (χ2n) is 3.74. The maximum absolute atomic E-state index is 11.6. The molecule has 0 spiro atoms. The van der Waals surface area contributed by atoms with Crippen LogP contribution in [0.3, 0.4) is 0 Å². The largest absolute Gasteiger partial charge is 0.480 e. The lowest BCUT2D eigenvalue weighted by Crippen LogP contribution is -2.52. The molecule has 0 atom stereocenters. The van der Waals surface area contributed by atoms with Crippen molar-refractivity contribution in [2.75, 3.05) is 39.3 Å². The average molecular weight is 239 g/mol. The Bertz CT molecular complexity index is 338. The molecule has 0 aromatic carbocycles. The second-order valence-corrected chi connectivity index (χ2v) is 3.74. The highest BCUT2D eigenvalue weighted by molar-refractivity contribution is 5.74. The van der Waals surface area contributed by atoms with Crippen LogP contribution in [-0.2, 0) is 4.79 Å². The summed E-state index contributed by atoms with van der Waals surface area (Å²) in [6, 6.07) is -0.136. The van der Waals surface area contributed by atoms with Gasteiger partial charge in [0.2, 0.25) is 0 Å². The van der Waals surface area contributed by atoms with Crippen LogP contribution in [0.5, 0.6) is 0 Å². The highest BCUT2D eigenvalue weighted by Crippen LogP contribution is 2.01. The highest BCUT2D eigenvalue weighted by atomic mass is 16.4. The number of amides is 2. The molecule has 2 amide bonds. The Labute approximate surface area is 101 Å². The van der Waals surface area contributed by atoms with E-state index in [0.717, 1.165) is 0 Å². The number of carboxylic acids is 1. The minimum atomic E-state index is -0.832. The fraction of sp³-hybridized carbons (Fsp3) is 0.636. The Kier molecular flexibility index (Phi) is 5.30. The first-order valence-corrected chi connectivity index (χ1v) is 5.50. The first-order chi connectivity index (χ1) is 8.13. The van der Waals surface area contributed by atoms with Gasteiger partial charge in [-0.15, -0.1) is 5.92 Å². The Morgan fingerprint density at radius 1 is 1.29 bits per heavy atom. The van der Waals surface area contributed by atoms with Crippen molar-refractivity contribution in [3.05, 3.63) is 0 Å². The van der Waals surface area contributed by atoms with E-state index in [4.69, 9.17) is 5.11 Å². The molecule has 1 aliphatic rings.